The second-order valence-electron chi connectivity index (χ2n) is 1.67. The molecule has 0 atom stereocenters. The molecule has 1 rings (SSSR count). The highest BCUT2D eigenvalue weighted by atomic mass is 79.9. The molecule has 0 aliphatic carbocycles. The van der Waals surface area contributed by atoms with Crippen LogP contribution in [0.3, 0.4) is 0 Å². The van der Waals surface area contributed by atoms with Gasteiger partial charge in [-0.2, -0.15) is 0 Å². The second kappa shape index (κ2) is 6.37. The lowest BCUT2D eigenvalue weighted by Crippen LogP contribution is -1.93. The third-order valence-electron chi connectivity index (χ3n) is 1.02. The van der Waals surface area contributed by atoms with Gasteiger partial charge >= 0.3 is 5.97 Å². The number of rotatable bonds is 1. The summed E-state index contributed by atoms with van der Waals surface area (Å²) in [6.07, 6.45) is 0. The van der Waals surface area contributed by atoms with E-state index >= 15 is 0 Å². The normalized spacial score (nSPS) is 7.27. The van der Waals surface area contributed by atoms with Crippen LogP contribution in [0.25, 0.3) is 0 Å². The molecule has 0 aromatic heterocycles. The number of benzene rings is 1. The van der Waals surface area contributed by atoms with Crippen molar-refractivity contribution in [1.82, 2.24) is 0 Å². The fourth-order valence-corrected chi connectivity index (χ4v) is 0.581. The van der Waals surface area contributed by atoms with Gasteiger partial charge in [0.2, 0.25) is 0 Å². The van der Waals surface area contributed by atoms with Crippen LogP contribution in [0.1, 0.15) is 10.4 Å². The van der Waals surface area contributed by atoms with E-state index in [1.807, 2.05) is 0 Å². The number of carbonyl (C=O) groups is 1. The zero-order valence-electron chi connectivity index (χ0n) is 5.56. The standard InChI is InChI=1S/C7H6O2.2BrH/c8-7(9)6-4-2-1-3-5-6;;/h1-5H,(H,8,9);2*1H. The quantitative estimate of drug-likeness (QED) is 0.860. The molecule has 0 saturated heterocycles. The molecular formula is C7H8Br2O2. The van der Waals surface area contributed by atoms with Crippen molar-refractivity contribution in [2.45, 2.75) is 0 Å². The van der Waals surface area contributed by atoms with Crippen molar-refractivity contribution in [2.75, 3.05) is 0 Å². The van der Waals surface area contributed by atoms with Gasteiger partial charge in [-0.25, -0.2) is 4.79 Å². The first-order valence-corrected chi connectivity index (χ1v) is 2.59. The Balaban J connectivity index is 0. The van der Waals surface area contributed by atoms with Crippen LogP contribution in [-0.2, 0) is 0 Å². The molecule has 0 unspecified atom stereocenters. The maximum absolute atomic E-state index is 10.2. The maximum atomic E-state index is 10.2. The van der Waals surface area contributed by atoms with Crippen molar-refractivity contribution in [3.63, 3.8) is 0 Å². The number of aromatic carboxylic acids is 1. The number of carboxylic acid groups (broad SMARTS) is 1. The summed E-state index contributed by atoms with van der Waals surface area (Å²) in [5.74, 6) is -0.879. The van der Waals surface area contributed by atoms with Gasteiger partial charge in [0.05, 0.1) is 5.56 Å². The van der Waals surface area contributed by atoms with Crippen LogP contribution in [0, 0.1) is 0 Å². The molecule has 0 aliphatic heterocycles. The highest BCUT2D eigenvalue weighted by molar-refractivity contribution is 8.93. The van der Waals surface area contributed by atoms with Crippen molar-refractivity contribution in [2.24, 2.45) is 0 Å². The SMILES string of the molecule is Br.Br.O=C(O)c1ccccc1. The highest BCUT2D eigenvalue weighted by Gasteiger charge is 1.96. The highest BCUT2D eigenvalue weighted by Crippen LogP contribution is 1.96. The predicted octanol–water partition coefficient (Wildman–Crippen LogP) is 2.54. The summed E-state index contributed by atoms with van der Waals surface area (Å²) in [5.41, 5.74) is 0.331. The van der Waals surface area contributed by atoms with Gasteiger partial charge in [0, 0.05) is 0 Å². The summed E-state index contributed by atoms with van der Waals surface area (Å²) in [4.78, 5) is 10.2. The van der Waals surface area contributed by atoms with E-state index < -0.39 is 5.97 Å². The van der Waals surface area contributed by atoms with E-state index in [0.717, 1.165) is 0 Å². The molecule has 0 heterocycles. The van der Waals surface area contributed by atoms with Crippen molar-refractivity contribution in [1.29, 1.82) is 0 Å². The molecular weight excluding hydrogens is 276 g/mol. The van der Waals surface area contributed by atoms with E-state index in [0.29, 0.717) is 5.56 Å². The van der Waals surface area contributed by atoms with Crippen LogP contribution in [0.2, 0.25) is 0 Å². The first-order chi connectivity index (χ1) is 4.30. The topological polar surface area (TPSA) is 37.3 Å². The summed E-state index contributed by atoms with van der Waals surface area (Å²) in [7, 11) is 0. The number of halogens is 2. The molecule has 4 heteroatoms. The Morgan fingerprint density at radius 2 is 1.55 bits per heavy atom. The number of hydrogen-bond donors (Lipinski definition) is 1. The Kier molecular flexibility index (Phi) is 7.67. The molecule has 0 fully saturated rings. The van der Waals surface area contributed by atoms with Gasteiger partial charge in [0.25, 0.3) is 0 Å². The fourth-order valence-electron chi connectivity index (χ4n) is 0.581. The van der Waals surface area contributed by atoms with Crippen molar-refractivity contribution >= 4 is 39.9 Å². The monoisotopic (exact) mass is 282 g/mol. The average molecular weight is 284 g/mol. The predicted molar refractivity (Wildman–Crippen MR) is 54.0 cm³/mol. The Morgan fingerprint density at radius 3 is 1.82 bits per heavy atom. The molecule has 2 nitrogen and oxygen atoms in total. The minimum Gasteiger partial charge on any atom is -0.478 e. The van der Waals surface area contributed by atoms with Gasteiger partial charge in [0.15, 0.2) is 0 Å². The van der Waals surface area contributed by atoms with E-state index in [4.69, 9.17) is 5.11 Å². The summed E-state index contributed by atoms with van der Waals surface area (Å²) in [6, 6.07) is 8.30. The summed E-state index contributed by atoms with van der Waals surface area (Å²) >= 11 is 0. The zero-order chi connectivity index (χ0) is 6.69. The summed E-state index contributed by atoms with van der Waals surface area (Å²) in [6.45, 7) is 0. The third kappa shape index (κ3) is 4.16. The lowest BCUT2D eigenvalue weighted by molar-refractivity contribution is 0.0697. The molecule has 0 bridgehead atoms. The van der Waals surface area contributed by atoms with Crippen molar-refractivity contribution in [3.05, 3.63) is 35.9 Å². The first kappa shape index (κ1) is 13.3. The summed E-state index contributed by atoms with van der Waals surface area (Å²) < 4.78 is 0. The maximum Gasteiger partial charge on any atom is 0.335 e. The van der Waals surface area contributed by atoms with Crippen LogP contribution < -0.4 is 0 Å². The molecule has 1 aromatic carbocycles. The van der Waals surface area contributed by atoms with Gasteiger partial charge in [-0.15, -0.1) is 34.0 Å². The van der Waals surface area contributed by atoms with Gasteiger partial charge in [-0.1, -0.05) is 18.2 Å². The molecule has 0 amide bonds. The molecule has 1 N–H and O–H groups in total. The Morgan fingerprint density at radius 1 is 1.09 bits per heavy atom. The van der Waals surface area contributed by atoms with E-state index in [9.17, 15) is 4.79 Å². The van der Waals surface area contributed by atoms with E-state index in [-0.39, 0.29) is 34.0 Å². The number of hydrogen-bond acceptors (Lipinski definition) is 1. The molecule has 62 valence electrons. The van der Waals surface area contributed by atoms with Crippen LogP contribution in [0.5, 0.6) is 0 Å². The van der Waals surface area contributed by atoms with E-state index in [1.54, 1.807) is 30.3 Å². The van der Waals surface area contributed by atoms with Gasteiger partial charge in [-0.05, 0) is 12.1 Å². The van der Waals surface area contributed by atoms with Gasteiger partial charge < -0.3 is 5.11 Å². The van der Waals surface area contributed by atoms with Crippen molar-refractivity contribution in [3.8, 4) is 0 Å². The zero-order valence-corrected chi connectivity index (χ0v) is 8.98. The molecule has 0 saturated carbocycles. The fraction of sp³-hybridized carbons (Fsp3) is 0. The Hall–Kier alpha value is -0.350. The number of carboxylic acids is 1. The smallest absolute Gasteiger partial charge is 0.335 e. The van der Waals surface area contributed by atoms with Crippen molar-refractivity contribution < 1.29 is 9.90 Å². The molecule has 0 aliphatic rings. The van der Waals surface area contributed by atoms with Gasteiger partial charge in [0.1, 0.15) is 0 Å². The molecule has 1 aromatic rings. The largest absolute Gasteiger partial charge is 0.478 e. The second-order valence-corrected chi connectivity index (χ2v) is 1.67. The average Bonchev–Trinajstić information content (AvgIpc) is 1.90. The summed E-state index contributed by atoms with van der Waals surface area (Å²) in [5, 5.41) is 8.38. The van der Waals surface area contributed by atoms with Gasteiger partial charge in [-0.3, -0.25) is 0 Å². The molecule has 0 spiro atoms. The van der Waals surface area contributed by atoms with Crippen LogP contribution >= 0.6 is 34.0 Å². The van der Waals surface area contributed by atoms with Crippen LogP contribution in [0.15, 0.2) is 30.3 Å². The molecule has 0 radical (unpaired) electrons. The Labute approximate surface area is 85.8 Å². The minimum atomic E-state index is -0.879. The van der Waals surface area contributed by atoms with Crippen LogP contribution in [0.4, 0.5) is 0 Å². The van der Waals surface area contributed by atoms with E-state index in [1.165, 1.54) is 0 Å². The lowest BCUT2D eigenvalue weighted by atomic mass is 10.2. The third-order valence-corrected chi connectivity index (χ3v) is 1.02. The Bertz CT molecular complexity index is 211. The van der Waals surface area contributed by atoms with E-state index in [2.05, 4.69) is 0 Å². The van der Waals surface area contributed by atoms with Crippen LogP contribution in [-0.4, -0.2) is 11.1 Å². The minimum absolute atomic E-state index is 0. The molecule has 11 heavy (non-hydrogen) atoms. The first-order valence-electron chi connectivity index (χ1n) is 2.59. The lowest BCUT2D eigenvalue weighted by Gasteiger charge is -1.88.